The Bertz CT molecular complexity index is 527. The van der Waals surface area contributed by atoms with Crippen LogP contribution in [0.1, 0.15) is 40.5 Å². The number of nitrogens with zero attached hydrogens (tertiary/aromatic N) is 4. The van der Waals surface area contributed by atoms with Gasteiger partial charge in [0.25, 0.3) is 0 Å². The maximum atomic E-state index is 11.5. The van der Waals surface area contributed by atoms with Gasteiger partial charge in [-0.05, 0) is 39.5 Å². The molecule has 1 aliphatic rings. The average molecular weight is 293 g/mol. The van der Waals surface area contributed by atoms with Crippen molar-refractivity contribution in [2.75, 3.05) is 23.3 Å². The monoisotopic (exact) mass is 293 g/mol. The first-order chi connectivity index (χ1) is 9.78. The zero-order valence-electron chi connectivity index (χ0n) is 13.1. The highest BCUT2D eigenvalue weighted by Gasteiger charge is 2.30. The fourth-order valence-electron chi connectivity index (χ4n) is 2.60. The minimum absolute atomic E-state index is 0.0264. The normalized spacial score (nSPS) is 19.4. The molecule has 1 atom stereocenters. The van der Waals surface area contributed by atoms with Crippen molar-refractivity contribution in [2.24, 2.45) is 5.92 Å². The van der Waals surface area contributed by atoms with Crippen molar-refractivity contribution in [3.8, 4) is 0 Å². The van der Waals surface area contributed by atoms with Crippen LogP contribution in [0.3, 0.4) is 0 Å². The van der Waals surface area contributed by atoms with Gasteiger partial charge in [-0.1, -0.05) is 6.92 Å². The Kier molecular flexibility index (Phi) is 4.29. The summed E-state index contributed by atoms with van der Waals surface area (Å²) in [6, 6.07) is 0. The number of piperidine rings is 1. The van der Waals surface area contributed by atoms with Gasteiger partial charge in [0.05, 0.1) is 4.92 Å². The summed E-state index contributed by atoms with van der Waals surface area (Å²) in [6.07, 6.45) is 3.59. The highest BCUT2D eigenvalue weighted by Crippen LogP contribution is 2.35. The molecule has 0 aromatic carbocycles. The largest absolute Gasteiger partial charge is 0.360 e. The van der Waals surface area contributed by atoms with Crippen LogP contribution in [0.15, 0.2) is 6.33 Å². The SMILES string of the molecule is CC1CCCN(c2ncnc(NC(C)(C)C)c2[N+](=O)[O-])C1. The van der Waals surface area contributed by atoms with Gasteiger partial charge in [-0.2, -0.15) is 0 Å². The zero-order valence-corrected chi connectivity index (χ0v) is 13.1. The third-order valence-corrected chi connectivity index (χ3v) is 3.44. The summed E-state index contributed by atoms with van der Waals surface area (Å²) >= 11 is 0. The van der Waals surface area contributed by atoms with Crippen molar-refractivity contribution < 1.29 is 4.92 Å². The summed E-state index contributed by atoms with van der Waals surface area (Å²) in [5.41, 5.74) is -0.326. The minimum Gasteiger partial charge on any atom is -0.360 e. The lowest BCUT2D eigenvalue weighted by molar-refractivity contribution is -0.383. The minimum atomic E-state index is -0.386. The maximum Gasteiger partial charge on any atom is 0.353 e. The lowest BCUT2D eigenvalue weighted by Gasteiger charge is -2.31. The van der Waals surface area contributed by atoms with Crippen LogP contribution in [0, 0.1) is 16.0 Å². The molecule has 116 valence electrons. The molecule has 1 aromatic heterocycles. The maximum absolute atomic E-state index is 11.5. The fourth-order valence-corrected chi connectivity index (χ4v) is 2.60. The van der Waals surface area contributed by atoms with Crippen molar-refractivity contribution in [1.82, 2.24) is 9.97 Å². The van der Waals surface area contributed by atoms with Crippen LogP contribution in [0.25, 0.3) is 0 Å². The van der Waals surface area contributed by atoms with E-state index in [1.165, 1.54) is 6.33 Å². The first-order valence-electron chi connectivity index (χ1n) is 7.30. The second-order valence-corrected chi connectivity index (χ2v) is 6.72. The van der Waals surface area contributed by atoms with Crippen molar-refractivity contribution in [3.05, 3.63) is 16.4 Å². The summed E-state index contributed by atoms with van der Waals surface area (Å²) in [4.78, 5) is 21.4. The van der Waals surface area contributed by atoms with Crippen molar-refractivity contribution >= 4 is 17.3 Å². The van der Waals surface area contributed by atoms with E-state index in [9.17, 15) is 10.1 Å². The van der Waals surface area contributed by atoms with Crippen LogP contribution in [0.4, 0.5) is 17.3 Å². The average Bonchev–Trinajstić information content (AvgIpc) is 2.36. The predicted molar refractivity (Wildman–Crippen MR) is 82.7 cm³/mol. The van der Waals surface area contributed by atoms with Crippen LogP contribution in [0.5, 0.6) is 0 Å². The first-order valence-corrected chi connectivity index (χ1v) is 7.30. The summed E-state index contributed by atoms with van der Waals surface area (Å²) < 4.78 is 0. The molecule has 1 unspecified atom stereocenters. The second kappa shape index (κ2) is 5.83. The number of nitrogens with one attached hydrogen (secondary N) is 1. The van der Waals surface area contributed by atoms with Gasteiger partial charge in [0.15, 0.2) is 0 Å². The standard InChI is InChI=1S/C14H23N5O2/c1-10-6-5-7-18(8-10)13-11(19(20)21)12(15-9-16-13)17-14(2,3)4/h9-10H,5-8H2,1-4H3,(H,15,16,17). The molecule has 0 spiro atoms. The molecule has 2 heterocycles. The van der Waals surface area contributed by atoms with Gasteiger partial charge >= 0.3 is 5.69 Å². The van der Waals surface area contributed by atoms with Gasteiger partial charge in [0.2, 0.25) is 11.6 Å². The molecule has 7 nitrogen and oxygen atoms in total. The van der Waals surface area contributed by atoms with E-state index in [1.807, 2.05) is 25.7 Å². The number of aromatic nitrogens is 2. The highest BCUT2D eigenvalue weighted by molar-refractivity contribution is 5.70. The number of nitro groups is 1. The fraction of sp³-hybridized carbons (Fsp3) is 0.714. The molecule has 2 rings (SSSR count). The summed E-state index contributed by atoms with van der Waals surface area (Å²) in [5.74, 6) is 1.23. The second-order valence-electron chi connectivity index (χ2n) is 6.72. The van der Waals surface area contributed by atoms with E-state index in [1.54, 1.807) is 0 Å². The Balaban J connectivity index is 2.41. The predicted octanol–water partition coefficient (Wildman–Crippen LogP) is 2.83. The van der Waals surface area contributed by atoms with E-state index in [0.717, 1.165) is 25.9 Å². The molecule has 21 heavy (non-hydrogen) atoms. The first kappa shape index (κ1) is 15.5. The number of anilines is 2. The van der Waals surface area contributed by atoms with Gasteiger partial charge in [0.1, 0.15) is 6.33 Å². The molecular formula is C14H23N5O2. The van der Waals surface area contributed by atoms with Crippen molar-refractivity contribution in [2.45, 2.75) is 46.1 Å². The van der Waals surface area contributed by atoms with E-state index in [4.69, 9.17) is 0 Å². The number of hydrogen-bond donors (Lipinski definition) is 1. The molecule has 0 bridgehead atoms. The molecule has 7 heteroatoms. The number of rotatable bonds is 3. The van der Waals surface area contributed by atoms with Crippen LogP contribution >= 0.6 is 0 Å². The van der Waals surface area contributed by atoms with E-state index in [0.29, 0.717) is 11.7 Å². The molecule has 0 amide bonds. The quantitative estimate of drug-likeness (QED) is 0.681. The zero-order chi connectivity index (χ0) is 15.6. The summed E-state index contributed by atoms with van der Waals surface area (Å²) in [5, 5.41) is 14.6. The van der Waals surface area contributed by atoms with E-state index >= 15 is 0 Å². The lowest BCUT2D eigenvalue weighted by Crippen LogP contribution is -2.36. The summed E-state index contributed by atoms with van der Waals surface area (Å²) in [7, 11) is 0. The van der Waals surface area contributed by atoms with Gasteiger partial charge in [-0.15, -0.1) is 0 Å². The smallest absolute Gasteiger partial charge is 0.353 e. The lowest BCUT2D eigenvalue weighted by atomic mass is 10.0. The van der Waals surface area contributed by atoms with Gasteiger partial charge in [-0.3, -0.25) is 10.1 Å². The Morgan fingerprint density at radius 3 is 2.71 bits per heavy atom. The Morgan fingerprint density at radius 1 is 1.43 bits per heavy atom. The van der Waals surface area contributed by atoms with E-state index in [-0.39, 0.29) is 22.0 Å². The van der Waals surface area contributed by atoms with Crippen molar-refractivity contribution in [3.63, 3.8) is 0 Å². The van der Waals surface area contributed by atoms with Gasteiger partial charge in [-0.25, -0.2) is 9.97 Å². The third kappa shape index (κ3) is 3.80. The Morgan fingerprint density at radius 2 is 2.14 bits per heavy atom. The third-order valence-electron chi connectivity index (χ3n) is 3.44. The van der Waals surface area contributed by atoms with Crippen LogP contribution in [0.2, 0.25) is 0 Å². The number of hydrogen-bond acceptors (Lipinski definition) is 6. The topological polar surface area (TPSA) is 84.2 Å². The molecule has 1 fully saturated rings. The van der Waals surface area contributed by atoms with Crippen molar-refractivity contribution in [1.29, 1.82) is 0 Å². The van der Waals surface area contributed by atoms with E-state index in [2.05, 4.69) is 22.2 Å². The van der Waals surface area contributed by atoms with Crippen LogP contribution in [-0.4, -0.2) is 33.5 Å². The molecule has 0 radical (unpaired) electrons. The molecule has 1 saturated heterocycles. The molecule has 1 N–H and O–H groups in total. The molecule has 1 aromatic rings. The molecular weight excluding hydrogens is 270 g/mol. The summed E-state index contributed by atoms with van der Waals surface area (Å²) in [6.45, 7) is 9.60. The van der Waals surface area contributed by atoms with Crippen LogP contribution in [-0.2, 0) is 0 Å². The molecule has 0 aliphatic carbocycles. The van der Waals surface area contributed by atoms with Crippen LogP contribution < -0.4 is 10.2 Å². The van der Waals surface area contributed by atoms with E-state index < -0.39 is 0 Å². The molecule has 0 saturated carbocycles. The Hall–Kier alpha value is -1.92. The van der Waals surface area contributed by atoms with Gasteiger partial charge < -0.3 is 10.2 Å². The van der Waals surface area contributed by atoms with Gasteiger partial charge in [0, 0.05) is 18.6 Å². The highest BCUT2D eigenvalue weighted by atomic mass is 16.6. The molecule has 1 aliphatic heterocycles. The Labute approximate surface area is 124 Å².